The van der Waals surface area contributed by atoms with Crippen molar-refractivity contribution in [1.82, 2.24) is 0 Å². The lowest BCUT2D eigenvalue weighted by atomic mass is 10.3. The van der Waals surface area contributed by atoms with E-state index < -0.39 is 20.2 Å². The van der Waals surface area contributed by atoms with Crippen LogP contribution in [0.4, 0.5) is 0 Å². The van der Waals surface area contributed by atoms with Crippen LogP contribution in [0, 0.1) is 11.8 Å². The largest absolute Gasteiger partial charge is 0.270 e. The molecule has 0 saturated carbocycles. The molecule has 8 heteroatoms. The van der Waals surface area contributed by atoms with Crippen LogP contribution in [-0.2, 0) is 28.6 Å². The highest BCUT2D eigenvalue weighted by atomic mass is 32.2. The van der Waals surface area contributed by atoms with E-state index in [0.29, 0.717) is 12.8 Å². The Balaban J connectivity index is 3.79. The smallest absolute Gasteiger partial charge is 0.267 e. The Morgan fingerprint density at radius 2 is 1.00 bits per heavy atom. The molecular weight excluding hydrogens is 304 g/mol. The molecule has 0 aromatic heterocycles. The van der Waals surface area contributed by atoms with E-state index in [1.807, 2.05) is 0 Å². The lowest BCUT2D eigenvalue weighted by molar-refractivity contribution is 0.269. The van der Waals surface area contributed by atoms with E-state index in [1.54, 1.807) is 27.7 Å². The number of rotatable bonds is 11. The molecule has 122 valence electrons. The molecule has 0 bridgehead atoms. The number of unbranched alkanes of at least 4 members (excludes halogenated alkanes) is 1. The summed E-state index contributed by atoms with van der Waals surface area (Å²) in [6, 6.07) is 0. The van der Waals surface area contributed by atoms with E-state index in [-0.39, 0.29) is 36.6 Å². The zero-order valence-corrected chi connectivity index (χ0v) is 14.3. The van der Waals surface area contributed by atoms with Crippen molar-refractivity contribution in [3.63, 3.8) is 0 Å². The molecule has 20 heavy (non-hydrogen) atoms. The third-order valence-corrected chi connectivity index (χ3v) is 5.34. The van der Waals surface area contributed by atoms with Crippen LogP contribution in [0.25, 0.3) is 0 Å². The van der Waals surface area contributed by atoms with Gasteiger partial charge in [-0.1, -0.05) is 27.7 Å². The highest BCUT2D eigenvalue weighted by molar-refractivity contribution is 7.86. The minimum Gasteiger partial charge on any atom is -0.270 e. The third kappa shape index (κ3) is 11.6. The van der Waals surface area contributed by atoms with Crippen molar-refractivity contribution in [3.8, 4) is 0 Å². The van der Waals surface area contributed by atoms with Gasteiger partial charge < -0.3 is 0 Å². The van der Waals surface area contributed by atoms with Gasteiger partial charge in [-0.25, -0.2) is 0 Å². The predicted molar refractivity (Wildman–Crippen MR) is 78.4 cm³/mol. The molecule has 0 heterocycles. The standard InChI is InChI=1S/C12H26O6S2/c1-11(2)9-19(13,14)17-7-5-6-8-18-20(15,16)10-12(3)4/h11-12H,5-10H2,1-4H3. The van der Waals surface area contributed by atoms with Gasteiger partial charge in [0, 0.05) is 0 Å². The van der Waals surface area contributed by atoms with Gasteiger partial charge in [0.2, 0.25) is 0 Å². The van der Waals surface area contributed by atoms with Crippen LogP contribution in [-0.4, -0.2) is 41.6 Å². The fourth-order valence-corrected chi connectivity index (χ4v) is 4.06. The fourth-order valence-electron chi connectivity index (χ4n) is 1.49. The summed E-state index contributed by atoms with van der Waals surface area (Å²) in [5, 5.41) is 0. The average Bonchev–Trinajstić information content (AvgIpc) is 2.19. The van der Waals surface area contributed by atoms with Gasteiger partial charge in [-0.2, -0.15) is 16.8 Å². The zero-order valence-electron chi connectivity index (χ0n) is 12.7. The second kappa shape index (κ2) is 8.96. The molecule has 0 aromatic rings. The predicted octanol–water partition coefficient (Wildman–Crippen LogP) is 1.77. The van der Waals surface area contributed by atoms with Crippen LogP contribution >= 0.6 is 0 Å². The summed E-state index contributed by atoms with van der Waals surface area (Å²) in [6.07, 6.45) is 0.878. The molecule has 0 N–H and O–H groups in total. The third-order valence-electron chi connectivity index (χ3n) is 2.14. The molecule has 0 spiro atoms. The SMILES string of the molecule is CC(C)CS(=O)(=O)OCCCCOS(=O)(=O)CC(C)C. The molecule has 0 aliphatic heterocycles. The topological polar surface area (TPSA) is 86.7 Å². The van der Waals surface area contributed by atoms with Crippen LogP contribution in [0.15, 0.2) is 0 Å². The summed E-state index contributed by atoms with van der Waals surface area (Å²) in [6.45, 7) is 7.32. The number of hydrogen-bond donors (Lipinski definition) is 0. The molecule has 0 aliphatic rings. The van der Waals surface area contributed by atoms with Crippen molar-refractivity contribution in [3.05, 3.63) is 0 Å². The Hall–Kier alpha value is -0.180. The molecule has 6 nitrogen and oxygen atoms in total. The molecule has 0 radical (unpaired) electrons. The van der Waals surface area contributed by atoms with Crippen molar-refractivity contribution in [2.75, 3.05) is 24.7 Å². The molecule has 0 atom stereocenters. The van der Waals surface area contributed by atoms with E-state index in [9.17, 15) is 16.8 Å². The van der Waals surface area contributed by atoms with Crippen LogP contribution < -0.4 is 0 Å². The van der Waals surface area contributed by atoms with Gasteiger partial charge in [0.15, 0.2) is 0 Å². The summed E-state index contributed by atoms with van der Waals surface area (Å²) in [5.74, 6) is 0.0208. The fraction of sp³-hybridized carbons (Fsp3) is 1.00. The lowest BCUT2D eigenvalue weighted by Gasteiger charge is -2.09. The summed E-state index contributed by atoms with van der Waals surface area (Å²) in [5.41, 5.74) is 0. The van der Waals surface area contributed by atoms with Crippen LogP contribution in [0.3, 0.4) is 0 Å². The summed E-state index contributed by atoms with van der Waals surface area (Å²) in [7, 11) is -6.94. The van der Waals surface area contributed by atoms with Crippen molar-refractivity contribution in [2.45, 2.75) is 40.5 Å². The normalized spacial score (nSPS) is 13.3. The van der Waals surface area contributed by atoms with Crippen LogP contribution in [0.5, 0.6) is 0 Å². The Kier molecular flexibility index (Phi) is 8.88. The Morgan fingerprint density at radius 1 is 0.700 bits per heavy atom. The van der Waals surface area contributed by atoms with Crippen LogP contribution in [0.1, 0.15) is 40.5 Å². The maximum atomic E-state index is 11.4. The van der Waals surface area contributed by atoms with Gasteiger partial charge in [-0.3, -0.25) is 8.37 Å². The number of hydrogen-bond acceptors (Lipinski definition) is 6. The molecule has 0 aromatic carbocycles. The molecular formula is C12H26O6S2. The molecule has 0 rings (SSSR count). The molecule has 0 saturated heterocycles. The molecule has 0 aliphatic carbocycles. The minimum atomic E-state index is -3.47. The first kappa shape index (κ1) is 19.8. The molecule has 0 unspecified atom stereocenters. The van der Waals surface area contributed by atoms with Gasteiger partial charge in [0.05, 0.1) is 24.7 Å². The van der Waals surface area contributed by atoms with Crippen molar-refractivity contribution in [2.24, 2.45) is 11.8 Å². The lowest BCUT2D eigenvalue weighted by Crippen LogP contribution is -2.17. The van der Waals surface area contributed by atoms with E-state index in [1.165, 1.54) is 0 Å². The Morgan fingerprint density at radius 3 is 1.25 bits per heavy atom. The highest BCUT2D eigenvalue weighted by Crippen LogP contribution is 2.06. The van der Waals surface area contributed by atoms with Crippen molar-refractivity contribution >= 4 is 20.2 Å². The van der Waals surface area contributed by atoms with Gasteiger partial charge in [0.25, 0.3) is 20.2 Å². The summed E-state index contributed by atoms with van der Waals surface area (Å²) in [4.78, 5) is 0. The van der Waals surface area contributed by atoms with Gasteiger partial charge >= 0.3 is 0 Å². The van der Waals surface area contributed by atoms with E-state index in [0.717, 1.165) is 0 Å². The zero-order chi connectivity index (χ0) is 15.8. The van der Waals surface area contributed by atoms with Gasteiger partial charge in [0.1, 0.15) is 0 Å². The maximum absolute atomic E-state index is 11.4. The van der Waals surface area contributed by atoms with Crippen molar-refractivity contribution in [1.29, 1.82) is 0 Å². The Bertz CT molecular complexity index is 406. The summed E-state index contributed by atoms with van der Waals surface area (Å²) < 4.78 is 55.2. The van der Waals surface area contributed by atoms with Crippen LogP contribution in [0.2, 0.25) is 0 Å². The van der Waals surface area contributed by atoms with Gasteiger partial charge in [-0.05, 0) is 24.7 Å². The van der Waals surface area contributed by atoms with Gasteiger partial charge in [-0.15, -0.1) is 0 Å². The van der Waals surface area contributed by atoms with E-state index >= 15 is 0 Å². The van der Waals surface area contributed by atoms with E-state index in [2.05, 4.69) is 0 Å². The first-order valence-electron chi connectivity index (χ1n) is 6.78. The second-order valence-corrected chi connectivity index (χ2v) is 8.96. The van der Waals surface area contributed by atoms with Crippen molar-refractivity contribution < 1.29 is 25.2 Å². The molecule has 0 fully saturated rings. The quantitative estimate of drug-likeness (QED) is 0.424. The Labute approximate surface area is 123 Å². The first-order valence-corrected chi connectivity index (χ1v) is 9.94. The molecule has 0 amide bonds. The maximum Gasteiger partial charge on any atom is 0.267 e. The first-order chi connectivity index (χ1) is 9.04. The highest BCUT2D eigenvalue weighted by Gasteiger charge is 2.14. The minimum absolute atomic E-state index is 0.00767. The summed E-state index contributed by atoms with van der Waals surface area (Å²) >= 11 is 0. The monoisotopic (exact) mass is 330 g/mol. The van der Waals surface area contributed by atoms with E-state index in [4.69, 9.17) is 8.37 Å². The second-order valence-electron chi connectivity index (χ2n) is 5.59. The average molecular weight is 330 g/mol.